The van der Waals surface area contributed by atoms with Crippen LogP contribution in [0.4, 0.5) is 5.69 Å². The topological polar surface area (TPSA) is 94.3 Å². The highest BCUT2D eigenvalue weighted by Crippen LogP contribution is 2.22. The molecule has 0 radical (unpaired) electrons. The van der Waals surface area contributed by atoms with E-state index < -0.39 is 0 Å². The minimum absolute atomic E-state index is 0.0843. The Labute approximate surface area is 189 Å². The first kappa shape index (κ1) is 20.3. The van der Waals surface area contributed by atoms with Crippen LogP contribution in [0.1, 0.15) is 5.56 Å². The summed E-state index contributed by atoms with van der Waals surface area (Å²) in [5.41, 5.74) is 4.87. The van der Waals surface area contributed by atoms with Gasteiger partial charge in [0.15, 0.2) is 11.5 Å². The first-order valence-corrected chi connectivity index (χ1v) is 10.4. The van der Waals surface area contributed by atoms with Gasteiger partial charge >= 0.3 is 0 Å². The van der Waals surface area contributed by atoms with Gasteiger partial charge in [-0.2, -0.15) is 9.61 Å². The molecule has 1 amide bonds. The van der Waals surface area contributed by atoms with Gasteiger partial charge in [-0.05, 0) is 54.1 Å². The summed E-state index contributed by atoms with van der Waals surface area (Å²) in [4.78, 5) is 16.5. The summed E-state index contributed by atoms with van der Waals surface area (Å²) in [6, 6.07) is 22.6. The zero-order valence-corrected chi connectivity index (χ0v) is 17.8. The highest BCUT2D eigenvalue weighted by atomic mass is 16.5. The van der Waals surface area contributed by atoms with E-state index in [-0.39, 0.29) is 12.3 Å². The van der Waals surface area contributed by atoms with E-state index in [1.54, 1.807) is 24.0 Å². The quantitative estimate of drug-likeness (QED) is 0.432. The smallest absolute Gasteiger partial charge is 0.228 e. The summed E-state index contributed by atoms with van der Waals surface area (Å²) < 4.78 is 6.87. The van der Waals surface area contributed by atoms with Gasteiger partial charge in [-0.1, -0.05) is 24.3 Å². The number of aromatic nitrogens is 5. The van der Waals surface area contributed by atoms with Crippen molar-refractivity contribution in [3.63, 3.8) is 0 Å². The molecule has 0 saturated carbocycles. The third-order valence-electron chi connectivity index (χ3n) is 5.19. The molecule has 1 N–H and O–H groups in total. The maximum Gasteiger partial charge on any atom is 0.228 e. The summed E-state index contributed by atoms with van der Waals surface area (Å²) in [5, 5.41) is 16.1. The van der Waals surface area contributed by atoms with Crippen LogP contribution >= 0.6 is 0 Å². The highest BCUT2D eigenvalue weighted by Gasteiger charge is 2.11. The van der Waals surface area contributed by atoms with Crippen LogP contribution in [0, 0.1) is 0 Å². The lowest BCUT2D eigenvalue weighted by Gasteiger charge is -2.08. The van der Waals surface area contributed by atoms with Gasteiger partial charge in [0.1, 0.15) is 5.75 Å². The van der Waals surface area contributed by atoms with Gasteiger partial charge in [0.2, 0.25) is 5.91 Å². The lowest BCUT2D eigenvalue weighted by atomic mass is 10.1. The number of nitrogens with one attached hydrogen (secondary N) is 1. The molecular formula is C25H20N6O2. The molecular weight excluding hydrogens is 416 g/mol. The summed E-state index contributed by atoms with van der Waals surface area (Å²) in [6.45, 7) is 0. The Morgan fingerprint density at radius 2 is 1.64 bits per heavy atom. The molecule has 3 heterocycles. The Hall–Kier alpha value is -4.59. The molecule has 162 valence electrons. The van der Waals surface area contributed by atoms with E-state index in [0.717, 1.165) is 33.8 Å². The molecule has 0 unspecified atom stereocenters. The lowest BCUT2D eigenvalue weighted by molar-refractivity contribution is -0.115. The molecule has 5 rings (SSSR count). The number of pyridine rings is 1. The molecule has 0 fully saturated rings. The SMILES string of the molecule is COc1ccc(CC(=O)Nc2ccc(-c3ccc4nnc(-c5ccncc5)n4n3)cc2)cc1. The molecule has 0 saturated heterocycles. The number of hydrogen-bond acceptors (Lipinski definition) is 6. The second kappa shape index (κ2) is 8.88. The first-order chi connectivity index (χ1) is 16.2. The molecule has 8 nitrogen and oxygen atoms in total. The molecule has 5 aromatic rings. The lowest BCUT2D eigenvalue weighted by Crippen LogP contribution is -2.14. The first-order valence-electron chi connectivity index (χ1n) is 10.4. The third-order valence-corrected chi connectivity index (χ3v) is 5.19. The number of carbonyl (C=O) groups excluding carboxylic acids is 1. The summed E-state index contributed by atoms with van der Waals surface area (Å²) >= 11 is 0. The Bertz CT molecular complexity index is 1400. The molecule has 0 aliphatic heterocycles. The average molecular weight is 436 g/mol. The van der Waals surface area contributed by atoms with Crippen molar-refractivity contribution in [1.82, 2.24) is 24.8 Å². The standard InChI is InChI=1S/C25H20N6O2/c1-33-21-8-2-17(3-9-21)16-24(32)27-20-6-4-18(5-7-20)22-10-11-23-28-29-25(31(23)30-22)19-12-14-26-15-13-19/h2-15H,16H2,1H3,(H,27,32). The van der Waals surface area contributed by atoms with E-state index in [9.17, 15) is 4.79 Å². The van der Waals surface area contributed by atoms with E-state index in [1.807, 2.05) is 72.8 Å². The number of amides is 1. The molecule has 8 heteroatoms. The van der Waals surface area contributed by atoms with Crippen LogP contribution in [0.5, 0.6) is 5.75 Å². The fourth-order valence-corrected chi connectivity index (χ4v) is 3.48. The number of ether oxygens (including phenoxy) is 1. The predicted octanol–water partition coefficient (Wildman–Crippen LogP) is 4.04. The number of fused-ring (bicyclic) bond motifs is 1. The van der Waals surface area contributed by atoms with Crippen molar-refractivity contribution in [2.45, 2.75) is 6.42 Å². The van der Waals surface area contributed by atoms with Gasteiger partial charge in [-0.3, -0.25) is 9.78 Å². The van der Waals surface area contributed by atoms with Crippen LogP contribution in [0.3, 0.4) is 0 Å². The fourth-order valence-electron chi connectivity index (χ4n) is 3.48. The Kier molecular flexibility index (Phi) is 5.47. The molecule has 0 bridgehead atoms. The molecule has 0 aliphatic rings. The monoisotopic (exact) mass is 436 g/mol. The number of carbonyl (C=O) groups is 1. The maximum atomic E-state index is 12.4. The second-order valence-electron chi connectivity index (χ2n) is 7.40. The van der Waals surface area contributed by atoms with Crippen LogP contribution in [-0.4, -0.2) is 37.8 Å². The minimum atomic E-state index is -0.0843. The summed E-state index contributed by atoms with van der Waals surface area (Å²) in [5.74, 6) is 1.33. The minimum Gasteiger partial charge on any atom is -0.497 e. The largest absolute Gasteiger partial charge is 0.497 e. The van der Waals surface area contributed by atoms with Crippen LogP contribution in [0.2, 0.25) is 0 Å². The van der Waals surface area contributed by atoms with Gasteiger partial charge in [-0.15, -0.1) is 10.2 Å². The van der Waals surface area contributed by atoms with Crippen molar-refractivity contribution in [2.24, 2.45) is 0 Å². The summed E-state index contributed by atoms with van der Waals surface area (Å²) in [7, 11) is 1.62. The van der Waals surface area contributed by atoms with E-state index >= 15 is 0 Å². The van der Waals surface area contributed by atoms with E-state index in [4.69, 9.17) is 9.84 Å². The number of rotatable bonds is 6. The predicted molar refractivity (Wildman–Crippen MR) is 125 cm³/mol. The van der Waals surface area contributed by atoms with Crippen LogP contribution in [0.15, 0.2) is 85.2 Å². The van der Waals surface area contributed by atoms with Crippen molar-refractivity contribution < 1.29 is 9.53 Å². The Morgan fingerprint density at radius 3 is 2.36 bits per heavy atom. The van der Waals surface area contributed by atoms with Gasteiger partial charge in [0.05, 0.1) is 19.2 Å². The molecule has 0 aliphatic carbocycles. The Balaban J connectivity index is 1.32. The van der Waals surface area contributed by atoms with E-state index in [2.05, 4.69) is 20.5 Å². The number of benzene rings is 2. The third kappa shape index (κ3) is 4.40. The van der Waals surface area contributed by atoms with Gasteiger partial charge in [0.25, 0.3) is 0 Å². The molecule has 0 atom stereocenters. The zero-order chi connectivity index (χ0) is 22.6. The molecule has 33 heavy (non-hydrogen) atoms. The number of anilines is 1. The van der Waals surface area contributed by atoms with Crippen LogP contribution < -0.4 is 10.1 Å². The second-order valence-corrected chi connectivity index (χ2v) is 7.40. The van der Waals surface area contributed by atoms with Gasteiger partial charge in [0, 0.05) is 29.2 Å². The Morgan fingerprint density at radius 1 is 0.879 bits per heavy atom. The number of methoxy groups -OCH3 is 1. The highest BCUT2D eigenvalue weighted by molar-refractivity contribution is 5.92. The van der Waals surface area contributed by atoms with Crippen molar-refractivity contribution in [3.05, 3.63) is 90.8 Å². The summed E-state index contributed by atoms with van der Waals surface area (Å²) in [6.07, 6.45) is 3.71. The number of hydrogen-bond donors (Lipinski definition) is 1. The van der Waals surface area contributed by atoms with E-state index in [0.29, 0.717) is 11.5 Å². The van der Waals surface area contributed by atoms with Crippen molar-refractivity contribution in [1.29, 1.82) is 0 Å². The van der Waals surface area contributed by atoms with Crippen molar-refractivity contribution >= 4 is 17.2 Å². The van der Waals surface area contributed by atoms with Crippen LogP contribution in [-0.2, 0) is 11.2 Å². The zero-order valence-electron chi connectivity index (χ0n) is 17.8. The van der Waals surface area contributed by atoms with Gasteiger partial charge in [-0.25, -0.2) is 0 Å². The normalized spacial score (nSPS) is 10.8. The van der Waals surface area contributed by atoms with Crippen molar-refractivity contribution in [2.75, 3.05) is 12.4 Å². The van der Waals surface area contributed by atoms with Gasteiger partial charge < -0.3 is 10.1 Å². The fraction of sp³-hybridized carbons (Fsp3) is 0.0800. The molecule has 2 aromatic carbocycles. The van der Waals surface area contributed by atoms with E-state index in [1.165, 1.54) is 0 Å². The molecule has 3 aromatic heterocycles. The average Bonchev–Trinajstić information content (AvgIpc) is 3.29. The van der Waals surface area contributed by atoms with Crippen LogP contribution in [0.25, 0.3) is 28.3 Å². The maximum absolute atomic E-state index is 12.4. The van der Waals surface area contributed by atoms with Crippen molar-refractivity contribution in [3.8, 4) is 28.4 Å². The molecule has 0 spiro atoms. The number of nitrogens with zero attached hydrogens (tertiary/aromatic N) is 5.